The van der Waals surface area contributed by atoms with Gasteiger partial charge in [-0.05, 0) is 51.3 Å². The number of thiophene rings is 1. The molecular formula is C20H12BrNO2S. The fourth-order valence-corrected chi connectivity index (χ4v) is 3.88. The van der Waals surface area contributed by atoms with Gasteiger partial charge in [0, 0.05) is 20.3 Å². The Labute approximate surface area is 157 Å². The zero-order chi connectivity index (χ0) is 17.2. The lowest BCUT2D eigenvalue weighted by molar-refractivity contribution is -0.129. The molecule has 1 aromatic heterocycles. The third-order valence-corrected chi connectivity index (χ3v) is 5.37. The van der Waals surface area contributed by atoms with Gasteiger partial charge >= 0.3 is 5.97 Å². The summed E-state index contributed by atoms with van der Waals surface area (Å²) in [7, 11) is 0. The largest absolute Gasteiger partial charge is 0.402 e. The fourth-order valence-electron chi connectivity index (χ4n) is 2.51. The molecule has 1 aliphatic rings. The van der Waals surface area contributed by atoms with E-state index in [4.69, 9.17) is 4.74 Å². The van der Waals surface area contributed by atoms with Gasteiger partial charge in [0.05, 0.1) is 0 Å². The quantitative estimate of drug-likeness (QED) is 0.421. The molecule has 0 spiro atoms. The van der Waals surface area contributed by atoms with Crippen LogP contribution in [-0.4, -0.2) is 11.9 Å². The number of cyclic esters (lactones) is 1. The number of carbonyl (C=O) groups excluding carboxylic acids is 1. The average molecular weight is 410 g/mol. The summed E-state index contributed by atoms with van der Waals surface area (Å²) in [5.41, 5.74) is 3.34. The van der Waals surface area contributed by atoms with Crippen LogP contribution in [0.5, 0.6) is 0 Å². The standard InChI is InChI=1S/C20H12BrNO2S/c21-16-10-17(25-12-16)11-18-20(23)24-19(22-18)15-8-6-14(7-9-15)13-4-2-1-3-5-13/h1-12H. The Morgan fingerprint density at radius 1 is 0.960 bits per heavy atom. The Balaban J connectivity index is 1.61. The molecule has 3 nitrogen and oxygen atoms in total. The van der Waals surface area contributed by atoms with Crippen molar-refractivity contribution in [2.45, 2.75) is 0 Å². The molecule has 3 aromatic rings. The van der Waals surface area contributed by atoms with E-state index in [-0.39, 0.29) is 0 Å². The molecule has 5 heteroatoms. The summed E-state index contributed by atoms with van der Waals surface area (Å²) in [6.45, 7) is 0. The molecule has 0 N–H and O–H groups in total. The van der Waals surface area contributed by atoms with E-state index < -0.39 is 5.97 Å². The Bertz CT molecular complexity index is 988. The molecular weight excluding hydrogens is 398 g/mol. The minimum Gasteiger partial charge on any atom is -0.402 e. The molecule has 0 unspecified atom stereocenters. The first-order chi connectivity index (χ1) is 12.2. The highest BCUT2D eigenvalue weighted by Gasteiger charge is 2.24. The number of aliphatic imine (C=N–C) groups is 1. The van der Waals surface area contributed by atoms with E-state index in [1.165, 1.54) is 11.3 Å². The van der Waals surface area contributed by atoms with Gasteiger partial charge in [0.25, 0.3) is 0 Å². The first-order valence-electron chi connectivity index (χ1n) is 7.61. The molecule has 0 aliphatic carbocycles. The van der Waals surface area contributed by atoms with E-state index in [9.17, 15) is 4.79 Å². The van der Waals surface area contributed by atoms with E-state index in [1.54, 1.807) is 6.08 Å². The van der Waals surface area contributed by atoms with E-state index >= 15 is 0 Å². The lowest BCUT2D eigenvalue weighted by atomic mass is 10.0. The van der Waals surface area contributed by atoms with Crippen LogP contribution in [0.4, 0.5) is 0 Å². The predicted octanol–water partition coefficient (Wildman–Crippen LogP) is 5.52. The number of hydrogen-bond donors (Lipinski definition) is 0. The van der Waals surface area contributed by atoms with Gasteiger partial charge in [-0.25, -0.2) is 9.79 Å². The number of esters is 1. The smallest absolute Gasteiger partial charge is 0.363 e. The summed E-state index contributed by atoms with van der Waals surface area (Å²) in [5, 5.41) is 1.96. The number of rotatable bonds is 3. The van der Waals surface area contributed by atoms with Crippen molar-refractivity contribution < 1.29 is 9.53 Å². The van der Waals surface area contributed by atoms with Gasteiger partial charge in [0.15, 0.2) is 5.70 Å². The summed E-state index contributed by atoms with van der Waals surface area (Å²) < 4.78 is 6.30. The van der Waals surface area contributed by atoms with Gasteiger partial charge < -0.3 is 4.74 Å². The predicted molar refractivity (Wildman–Crippen MR) is 105 cm³/mol. The van der Waals surface area contributed by atoms with Crippen molar-refractivity contribution >= 4 is 45.2 Å². The number of benzene rings is 2. The van der Waals surface area contributed by atoms with Crippen LogP contribution >= 0.6 is 27.3 Å². The molecule has 0 saturated carbocycles. The van der Waals surface area contributed by atoms with Gasteiger partial charge in [0.1, 0.15) is 0 Å². The lowest BCUT2D eigenvalue weighted by Crippen LogP contribution is -2.05. The van der Waals surface area contributed by atoms with Crippen LogP contribution in [0.2, 0.25) is 0 Å². The minimum absolute atomic E-state index is 0.316. The second-order valence-corrected chi connectivity index (χ2v) is 7.31. The highest BCUT2D eigenvalue weighted by atomic mass is 79.9. The zero-order valence-corrected chi connectivity index (χ0v) is 15.4. The van der Waals surface area contributed by atoms with Gasteiger partial charge in [-0.15, -0.1) is 11.3 Å². The highest BCUT2D eigenvalue weighted by Crippen LogP contribution is 2.26. The van der Waals surface area contributed by atoms with Crippen molar-refractivity contribution in [1.29, 1.82) is 0 Å². The monoisotopic (exact) mass is 409 g/mol. The van der Waals surface area contributed by atoms with Gasteiger partial charge in [0.2, 0.25) is 5.90 Å². The van der Waals surface area contributed by atoms with E-state index in [2.05, 4.69) is 33.1 Å². The normalized spacial score (nSPS) is 15.3. The molecule has 0 bridgehead atoms. The van der Waals surface area contributed by atoms with Crippen molar-refractivity contribution in [1.82, 2.24) is 0 Å². The van der Waals surface area contributed by atoms with Crippen LogP contribution in [0.15, 0.2) is 81.2 Å². The van der Waals surface area contributed by atoms with Crippen LogP contribution in [0.1, 0.15) is 10.4 Å². The second kappa shape index (κ2) is 6.78. The third-order valence-electron chi connectivity index (χ3n) is 3.73. The van der Waals surface area contributed by atoms with Crippen molar-refractivity contribution in [3.8, 4) is 11.1 Å². The summed E-state index contributed by atoms with van der Waals surface area (Å²) >= 11 is 4.94. The molecule has 2 heterocycles. The molecule has 0 saturated heterocycles. The molecule has 0 amide bonds. The van der Waals surface area contributed by atoms with Crippen LogP contribution in [0, 0.1) is 0 Å². The van der Waals surface area contributed by atoms with Gasteiger partial charge in [-0.3, -0.25) is 0 Å². The molecule has 25 heavy (non-hydrogen) atoms. The second-order valence-electron chi connectivity index (χ2n) is 5.45. The Morgan fingerprint density at radius 3 is 2.32 bits per heavy atom. The summed E-state index contributed by atoms with van der Waals surface area (Å²) in [6, 6.07) is 19.9. The van der Waals surface area contributed by atoms with E-state index in [0.717, 1.165) is 26.0 Å². The number of carbonyl (C=O) groups is 1. The van der Waals surface area contributed by atoms with Crippen LogP contribution in [-0.2, 0) is 9.53 Å². The zero-order valence-electron chi connectivity index (χ0n) is 13.0. The maximum atomic E-state index is 12.0. The topological polar surface area (TPSA) is 38.7 Å². The Hall–Kier alpha value is -2.50. The Morgan fingerprint density at radius 2 is 1.64 bits per heavy atom. The first-order valence-corrected chi connectivity index (χ1v) is 9.29. The van der Waals surface area contributed by atoms with Crippen molar-refractivity contribution in [2.75, 3.05) is 0 Å². The minimum atomic E-state index is -0.424. The third kappa shape index (κ3) is 3.48. The van der Waals surface area contributed by atoms with Crippen molar-refractivity contribution in [2.24, 2.45) is 4.99 Å². The molecule has 0 atom stereocenters. The van der Waals surface area contributed by atoms with Gasteiger partial charge in [-0.2, -0.15) is 0 Å². The van der Waals surface area contributed by atoms with Crippen LogP contribution < -0.4 is 0 Å². The SMILES string of the molecule is O=C1OC(c2ccc(-c3ccccc3)cc2)=NC1=Cc1cc(Br)cs1. The molecule has 0 fully saturated rings. The van der Waals surface area contributed by atoms with E-state index in [1.807, 2.05) is 53.9 Å². The average Bonchev–Trinajstić information content (AvgIpc) is 3.22. The van der Waals surface area contributed by atoms with Crippen LogP contribution in [0.3, 0.4) is 0 Å². The fraction of sp³-hybridized carbons (Fsp3) is 0. The van der Waals surface area contributed by atoms with Gasteiger partial charge in [-0.1, -0.05) is 42.5 Å². The number of nitrogens with zero attached hydrogens (tertiary/aromatic N) is 1. The van der Waals surface area contributed by atoms with Crippen molar-refractivity contribution in [3.63, 3.8) is 0 Å². The molecule has 0 radical (unpaired) electrons. The molecule has 2 aromatic carbocycles. The molecule has 122 valence electrons. The molecule has 4 rings (SSSR count). The maximum Gasteiger partial charge on any atom is 0.363 e. The van der Waals surface area contributed by atoms with E-state index in [0.29, 0.717) is 11.6 Å². The first kappa shape index (κ1) is 16.0. The maximum absolute atomic E-state index is 12.0. The Kier molecular flexibility index (Phi) is 4.34. The number of hydrogen-bond acceptors (Lipinski definition) is 4. The number of halogens is 1. The highest BCUT2D eigenvalue weighted by molar-refractivity contribution is 9.10. The van der Waals surface area contributed by atoms with Crippen molar-refractivity contribution in [3.05, 3.63) is 86.7 Å². The number of ether oxygens (including phenoxy) is 1. The summed E-state index contributed by atoms with van der Waals surface area (Å²) in [5.74, 6) is -0.0851. The summed E-state index contributed by atoms with van der Waals surface area (Å²) in [4.78, 5) is 17.3. The molecule has 1 aliphatic heterocycles. The van der Waals surface area contributed by atoms with Crippen LogP contribution in [0.25, 0.3) is 17.2 Å². The lowest BCUT2D eigenvalue weighted by Gasteiger charge is -2.03. The summed E-state index contributed by atoms with van der Waals surface area (Å²) in [6.07, 6.45) is 1.74.